The molecule has 3 saturated carbocycles. The highest BCUT2D eigenvalue weighted by Crippen LogP contribution is 2.74. The Labute approximate surface area is 447 Å². The van der Waals surface area contributed by atoms with Gasteiger partial charge in [-0.05, 0) is 93.5 Å². The summed E-state index contributed by atoms with van der Waals surface area (Å²) in [5, 5.41) is 171. The molecule has 8 aliphatic rings. The smallest absolute Gasteiger partial charge is 0.312 e. The molecule has 28 atom stereocenters. The quantitative estimate of drug-likeness (QED) is 0.0519. The van der Waals surface area contributed by atoms with Gasteiger partial charge in [0.15, 0.2) is 18.9 Å². The molecule has 3 heterocycles. The van der Waals surface area contributed by atoms with Gasteiger partial charge in [-0.3, -0.25) is 4.79 Å². The fourth-order valence-electron chi connectivity index (χ4n) is 15.3. The molecule has 0 spiro atoms. The fraction of sp³-hybridized carbons (Fsp3) is 0.906. The number of carbonyl (C=O) groups excluding carboxylic acids is 1. The monoisotopic (exact) mass is 1110 g/mol. The third kappa shape index (κ3) is 10.1. The number of hydrogen-bond donors (Lipinski definition) is 16. The molecule has 0 radical (unpaired) electrons. The molecule has 0 aromatic heterocycles. The Balaban J connectivity index is 0.974. The van der Waals surface area contributed by atoms with Gasteiger partial charge < -0.3 is 115 Å². The van der Waals surface area contributed by atoms with E-state index in [1.165, 1.54) is 0 Å². The third-order valence-electron chi connectivity index (χ3n) is 20.6. The van der Waals surface area contributed by atoms with Crippen molar-refractivity contribution in [2.75, 3.05) is 39.6 Å². The van der Waals surface area contributed by atoms with Gasteiger partial charge in [0, 0.05) is 16.2 Å². The lowest BCUT2D eigenvalue weighted by Gasteiger charge is -2.70. The summed E-state index contributed by atoms with van der Waals surface area (Å²) in [6, 6.07) is 0. The van der Waals surface area contributed by atoms with Crippen LogP contribution in [0.2, 0.25) is 0 Å². The van der Waals surface area contributed by atoms with Crippen LogP contribution in [0.5, 0.6) is 0 Å². The van der Waals surface area contributed by atoms with Crippen molar-refractivity contribution in [1.29, 1.82) is 0 Å². The summed E-state index contributed by atoms with van der Waals surface area (Å²) in [4.78, 5) is 14.1. The number of carbonyl (C=O) groups is 1. The van der Waals surface area contributed by atoms with Gasteiger partial charge in [-0.1, -0.05) is 45.4 Å². The number of allylic oxidation sites excluding steroid dienone is 3. The maximum atomic E-state index is 14.1. The Hall–Kier alpha value is -1.93. The average Bonchev–Trinajstić information content (AvgIpc) is 3.55. The van der Waals surface area contributed by atoms with E-state index in [0.717, 1.165) is 11.1 Å². The maximum Gasteiger partial charge on any atom is 0.312 e. The Kier molecular flexibility index (Phi) is 18.0. The van der Waals surface area contributed by atoms with Gasteiger partial charge in [-0.15, -0.1) is 0 Å². The van der Waals surface area contributed by atoms with E-state index in [4.69, 9.17) is 33.2 Å². The maximum absolute atomic E-state index is 14.1. The SMILES string of the molecule is C[C@H]1O[C@@H](O[C@H]2CC[C@@]3(C)[C@H](CC[C@]4(C)[C@@H]3C=CC3=C5C[C@](C)(C(=O)OC[C@H](O)[C@H](O)[C@H](O)CO[C@@H]6O[C@H](CO)[C@@H](O)[C@H](O)[C@H]6O)CC[C@]5(CO)[C@H](O)C[C@]34C)[C@]2(C)CO)[C@H](O)[C@@H](O[C@@H]2O[C@H](CO)[C@@H](O)[C@H](O)[C@H]2O)[C@H]1O. The van der Waals surface area contributed by atoms with Crippen molar-refractivity contribution in [1.82, 2.24) is 0 Å². The van der Waals surface area contributed by atoms with Gasteiger partial charge in [-0.2, -0.15) is 0 Å². The molecule has 6 fully saturated rings. The molecule has 77 heavy (non-hydrogen) atoms. The van der Waals surface area contributed by atoms with Crippen LogP contribution in [-0.2, 0) is 38.0 Å². The van der Waals surface area contributed by atoms with E-state index in [-0.39, 0.29) is 44.3 Å². The molecule has 0 bridgehead atoms. The van der Waals surface area contributed by atoms with Crippen LogP contribution in [0.3, 0.4) is 0 Å². The van der Waals surface area contributed by atoms with E-state index in [2.05, 4.69) is 32.9 Å². The molecule has 16 N–H and O–H groups in total. The summed E-state index contributed by atoms with van der Waals surface area (Å²) in [5.41, 5.74) is -3.23. The van der Waals surface area contributed by atoms with E-state index in [1.54, 1.807) is 13.8 Å². The van der Waals surface area contributed by atoms with Crippen LogP contribution in [0.1, 0.15) is 92.9 Å². The molecule has 0 aromatic carbocycles. The van der Waals surface area contributed by atoms with Crippen LogP contribution in [-0.4, -0.2) is 250 Å². The summed E-state index contributed by atoms with van der Waals surface area (Å²) >= 11 is 0. The normalized spacial score (nSPS) is 51.1. The number of esters is 1. The first-order valence-electron chi connectivity index (χ1n) is 27.2. The van der Waals surface area contributed by atoms with Crippen molar-refractivity contribution in [3.8, 4) is 0 Å². The number of aliphatic hydroxyl groups excluding tert-OH is 16. The van der Waals surface area contributed by atoms with E-state index in [1.807, 2.05) is 6.92 Å². The Morgan fingerprint density at radius 2 is 1.27 bits per heavy atom. The Morgan fingerprint density at radius 3 is 1.88 bits per heavy atom. The average molecular weight is 1110 g/mol. The van der Waals surface area contributed by atoms with E-state index < -0.39 is 188 Å². The number of rotatable bonds is 16. The summed E-state index contributed by atoms with van der Waals surface area (Å²) in [7, 11) is 0. The summed E-state index contributed by atoms with van der Waals surface area (Å²) in [6.45, 7) is 8.19. The molecule has 8 rings (SSSR count). The molecule has 442 valence electrons. The van der Waals surface area contributed by atoms with Crippen LogP contribution in [0, 0.1) is 44.3 Å². The molecule has 3 saturated heterocycles. The first kappa shape index (κ1) is 61.1. The molecule has 5 aliphatic carbocycles. The molecule has 3 aliphatic heterocycles. The summed E-state index contributed by atoms with van der Waals surface area (Å²) in [6.07, 6.45) is -23.1. The van der Waals surface area contributed by atoms with Crippen molar-refractivity contribution in [3.05, 3.63) is 23.3 Å². The van der Waals surface area contributed by atoms with Crippen molar-refractivity contribution < 1.29 is 120 Å². The second-order valence-corrected chi connectivity index (χ2v) is 24.9. The zero-order chi connectivity index (χ0) is 56.7. The minimum absolute atomic E-state index is 0.0916. The van der Waals surface area contributed by atoms with Crippen LogP contribution in [0.4, 0.5) is 0 Å². The molecule has 0 amide bonds. The van der Waals surface area contributed by atoms with Gasteiger partial charge >= 0.3 is 5.97 Å². The highest BCUT2D eigenvalue weighted by Gasteiger charge is 2.69. The van der Waals surface area contributed by atoms with Crippen LogP contribution in [0.15, 0.2) is 23.3 Å². The third-order valence-corrected chi connectivity index (χ3v) is 20.6. The first-order chi connectivity index (χ1) is 36.1. The molecular weight excluding hydrogens is 1020 g/mol. The molecule has 24 nitrogen and oxygen atoms in total. The van der Waals surface area contributed by atoms with Gasteiger partial charge in [0.1, 0.15) is 92.1 Å². The molecule has 0 unspecified atom stereocenters. The second kappa shape index (κ2) is 22.7. The van der Waals surface area contributed by atoms with Gasteiger partial charge in [0.2, 0.25) is 0 Å². The van der Waals surface area contributed by atoms with Gasteiger partial charge in [0.25, 0.3) is 0 Å². The summed E-state index contributed by atoms with van der Waals surface area (Å²) < 4.78 is 40.3. The minimum Gasteiger partial charge on any atom is -0.462 e. The van der Waals surface area contributed by atoms with E-state index in [9.17, 15) is 86.5 Å². The number of fused-ring (bicyclic) bond motifs is 6. The molecule has 24 heteroatoms. The van der Waals surface area contributed by atoms with Crippen LogP contribution >= 0.6 is 0 Å². The lowest BCUT2D eigenvalue weighted by molar-refractivity contribution is -0.367. The van der Waals surface area contributed by atoms with Crippen molar-refractivity contribution in [2.24, 2.45) is 44.3 Å². The van der Waals surface area contributed by atoms with Crippen molar-refractivity contribution in [3.63, 3.8) is 0 Å². The topological polar surface area (TPSA) is 405 Å². The number of aliphatic hydroxyl groups is 16. The number of hydrogen-bond acceptors (Lipinski definition) is 24. The van der Waals surface area contributed by atoms with E-state index in [0.29, 0.717) is 32.1 Å². The largest absolute Gasteiger partial charge is 0.462 e. The van der Waals surface area contributed by atoms with Crippen LogP contribution in [0.25, 0.3) is 0 Å². The number of ether oxygens (including phenoxy) is 7. The molecular formula is C53H86O24. The minimum atomic E-state index is -1.93. The lowest BCUT2D eigenvalue weighted by atomic mass is 9.35. The fourth-order valence-corrected chi connectivity index (χ4v) is 15.3. The standard InChI is InChI=1S/C53H86O24/c1-23-34(61)43(77-45-41(68)39(66)37(64)29(18-55)75-45)42(69)46(73-23)76-33-10-11-49(3)30(50(33,4)21-56)9-12-51(5)31(49)8-7-24-25-15-48(2,13-14-53(25,22-57)32(60)16-52(24,51)6)47(70)72-20-27(59)35(62)26(58)19-71-44-40(67)38(65)36(63)28(17-54)74-44/h7-8,23,26-46,54-69H,9-22H2,1-6H3/t23-,26-,27+,28-,29-,30+,31-,32-,33+,34+,35-,36-,37-,38+,39+,40-,41-,42-,43+,44-,45+,46+,48-,49+,50+,51-,52-,53-/m1/s1. The Bertz CT molecular complexity index is 2130. The van der Waals surface area contributed by atoms with Crippen molar-refractivity contribution >= 4 is 5.97 Å². The zero-order valence-corrected chi connectivity index (χ0v) is 44.7. The lowest BCUT2D eigenvalue weighted by Crippen LogP contribution is -2.67. The highest BCUT2D eigenvalue weighted by atomic mass is 16.7. The van der Waals surface area contributed by atoms with Gasteiger partial charge in [0.05, 0.1) is 56.8 Å². The predicted molar refractivity (Wildman–Crippen MR) is 262 cm³/mol. The highest BCUT2D eigenvalue weighted by molar-refractivity contribution is 5.77. The Morgan fingerprint density at radius 1 is 0.675 bits per heavy atom. The second-order valence-electron chi connectivity index (χ2n) is 24.9. The van der Waals surface area contributed by atoms with Crippen molar-refractivity contribution in [2.45, 2.75) is 216 Å². The molecule has 0 aromatic rings. The van der Waals surface area contributed by atoms with Crippen LogP contribution < -0.4 is 0 Å². The predicted octanol–water partition coefficient (Wildman–Crippen LogP) is -3.90. The zero-order valence-electron chi connectivity index (χ0n) is 44.7. The van der Waals surface area contributed by atoms with Gasteiger partial charge in [-0.25, -0.2) is 0 Å². The summed E-state index contributed by atoms with van der Waals surface area (Å²) in [5.74, 6) is -0.991. The van der Waals surface area contributed by atoms with E-state index >= 15 is 0 Å². The first-order valence-corrected chi connectivity index (χ1v) is 27.2.